The number of aryl methyl sites for hydroxylation is 1. The van der Waals surface area contributed by atoms with Crippen LogP contribution in [-0.2, 0) is 0 Å². The molecule has 1 aromatic rings. The minimum atomic E-state index is 0.438. The van der Waals surface area contributed by atoms with Gasteiger partial charge in [-0.15, -0.1) is 0 Å². The van der Waals surface area contributed by atoms with E-state index in [1.165, 1.54) is 25.7 Å². The van der Waals surface area contributed by atoms with Crippen molar-refractivity contribution in [3.8, 4) is 6.07 Å². The van der Waals surface area contributed by atoms with E-state index in [0.717, 1.165) is 29.1 Å². The van der Waals surface area contributed by atoms with Gasteiger partial charge in [-0.2, -0.15) is 5.26 Å². The normalized spacial score (nSPS) is 17.1. The maximum atomic E-state index is 9.37. The quantitative estimate of drug-likeness (QED) is 0.639. The third-order valence-corrected chi connectivity index (χ3v) is 4.91. The van der Waals surface area contributed by atoms with Crippen molar-refractivity contribution in [2.45, 2.75) is 44.9 Å². The summed E-state index contributed by atoms with van der Waals surface area (Å²) in [6.45, 7) is 2.01. The van der Waals surface area contributed by atoms with E-state index in [9.17, 15) is 5.26 Å². The molecule has 0 aromatic carbocycles. The number of nitrogens with zero attached hydrogens (tertiary/aromatic N) is 2. The predicted octanol–water partition coefficient (Wildman–Crippen LogP) is 3.79. The van der Waals surface area contributed by atoms with Crippen molar-refractivity contribution in [1.29, 1.82) is 5.26 Å². The Morgan fingerprint density at radius 3 is 2.85 bits per heavy atom. The predicted molar refractivity (Wildman–Crippen MR) is 84.5 cm³/mol. The van der Waals surface area contributed by atoms with Crippen LogP contribution in [0.1, 0.15) is 55.0 Å². The van der Waals surface area contributed by atoms with Gasteiger partial charge < -0.3 is 0 Å². The molecule has 1 heterocycles. The van der Waals surface area contributed by atoms with Gasteiger partial charge in [0.05, 0.1) is 11.3 Å². The molecule has 1 fully saturated rings. The van der Waals surface area contributed by atoms with E-state index in [2.05, 4.69) is 10.8 Å². The van der Waals surface area contributed by atoms with Crippen LogP contribution >= 0.6 is 11.9 Å². The fraction of sp³-hybridized carbons (Fsp3) is 0.625. The van der Waals surface area contributed by atoms with Crippen molar-refractivity contribution in [3.63, 3.8) is 0 Å². The van der Waals surface area contributed by atoms with Crippen LogP contribution < -0.4 is 4.72 Å². The van der Waals surface area contributed by atoms with Crippen molar-refractivity contribution in [2.24, 2.45) is 5.92 Å². The molecule has 0 bridgehead atoms. The molecule has 1 unspecified atom stereocenters. The van der Waals surface area contributed by atoms with E-state index >= 15 is 0 Å². The van der Waals surface area contributed by atoms with Crippen LogP contribution in [0.5, 0.6) is 0 Å². The summed E-state index contributed by atoms with van der Waals surface area (Å²) in [5, 5.41) is 9.37. The second-order valence-corrected chi connectivity index (χ2v) is 6.59. The van der Waals surface area contributed by atoms with Gasteiger partial charge in [0.15, 0.2) is 0 Å². The highest BCUT2D eigenvalue weighted by molar-refractivity contribution is 7.97. The number of nitriles is 1. The standard InChI is InChI=1S/C16H23N3S/c1-12-7-8-14(11-17)16(19-12)15(9-10-20-18-2)13-5-3-4-6-13/h7-8,13,15,18H,3-6,9-10H2,1-2H3. The fourth-order valence-electron chi connectivity index (χ4n) is 3.20. The molecule has 3 nitrogen and oxygen atoms in total. The summed E-state index contributed by atoms with van der Waals surface area (Å²) in [4.78, 5) is 4.72. The first-order valence-electron chi connectivity index (χ1n) is 7.42. The summed E-state index contributed by atoms with van der Waals surface area (Å²) in [6, 6.07) is 6.21. The Balaban J connectivity index is 2.24. The van der Waals surface area contributed by atoms with Crippen LogP contribution in [-0.4, -0.2) is 17.8 Å². The van der Waals surface area contributed by atoms with Gasteiger partial charge in [-0.3, -0.25) is 9.71 Å². The monoisotopic (exact) mass is 289 g/mol. The Kier molecular flexibility index (Phi) is 5.87. The lowest BCUT2D eigenvalue weighted by Crippen LogP contribution is -2.15. The smallest absolute Gasteiger partial charge is 0.101 e. The molecular weight excluding hydrogens is 266 g/mol. The Labute approximate surface area is 126 Å². The molecule has 20 heavy (non-hydrogen) atoms. The molecule has 1 aliphatic carbocycles. The molecule has 1 N–H and O–H groups in total. The lowest BCUT2D eigenvalue weighted by atomic mass is 9.84. The number of rotatable bonds is 6. The summed E-state index contributed by atoms with van der Waals surface area (Å²) in [5.74, 6) is 2.21. The first-order chi connectivity index (χ1) is 9.76. The average molecular weight is 289 g/mol. The van der Waals surface area contributed by atoms with Gasteiger partial charge in [-0.05, 0) is 51.3 Å². The zero-order chi connectivity index (χ0) is 14.4. The molecule has 1 atom stereocenters. The summed E-state index contributed by atoms with van der Waals surface area (Å²) < 4.78 is 3.14. The summed E-state index contributed by atoms with van der Waals surface area (Å²) >= 11 is 1.75. The average Bonchev–Trinajstić information content (AvgIpc) is 2.97. The zero-order valence-electron chi connectivity index (χ0n) is 12.4. The Morgan fingerprint density at radius 2 is 2.20 bits per heavy atom. The molecule has 4 heteroatoms. The Morgan fingerprint density at radius 1 is 1.45 bits per heavy atom. The second kappa shape index (κ2) is 7.66. The van der Waals surface area contributed by atoms with E-state index in [1.807, 2.05) is 26.1 Å². The number of hydrogen-bond donors (Lipinski definition) is 1. The maximum Gasteiger partial charge on any atom is 0.101 e. The van der Waals surface area contributed by atoms with Crippen molar-refractivity contribution < 1.29 is 0 Å². The van der Waals surface area contributed by atoms with Crippen molar-refractivity contribution >= 4 is 11.9 Å². The minimum Gasteiger partial charge on any atom is -0.267 e. The molecule has 1 saturated carbocycles. The molecule has 0 radical (unpaired) electrons. The first-order valence-corrected chi connectivity index (χ1v) is 8.41. The SMILES string of the molecule is CNSCCC(c1nc(C)ccc1C#N)C1CCCC1. The van der Waals surface area contributed by atoms with Crippen LogP contribution in [0, 0.1) is 24.2 Å². The van der Waals surface area contributed by atoms with Crippen molar-refractivity contribution in [2.75, 3.05) is 12.8 Å². The third-order valence-electron chi connectivity index (χ3n) is 4.18. The molecular formula is C16H23N3S. The van der Waals surface area contributed by atoms with E-state index in [4.69, 9.17) is 4.98 Å². The Bertz CT molecular complexity index is 475. The largest absolute Gasteiger partial charge is 0.267 e. The van der Waals surface area contributed by atoms with E-state index < -0.39 is 0 Å². The van der Waals surface area contributed by atoms with Gasteiger partial charge in [0.1, 0.15) is 6.07 Å². The van der Waals surface area contributed by atoms with Crippen LogP contribution in [0.25, 0.3) is 0 Å². The number of hydrogen-bond acceptors (Lipinski definition) is 4. The lowest BCUT2D eigenvalue weighted by molar-refractivity contribution is 0.417. The highest BCUT2D eigenvalue weighted by Crippen LogP contribution is 2.40. The molecule has 108 valence electrons. The van der Waals surface area contributed by atoms with Crippen LogP contribution in [0.15, 0.2) is 12.1 Å². The molecule has 0 aliphatic heterocycles. The van der Waals surface area contributed by atoms with E-state index in [0.29, 0.717) is 11.8 Å². The highest BCUT2D eigenvalue weighted by atomic mass is 32.2. The van der Waals surface area contributed by atoms with Crippen molar-refractivity contribution in [1.82, 2.24) is 9.71 Å². The van der Waals surface area contributed by atoms with Gasteiger partial charge in [0.2, 0.25) is 0 Å². The lowest BCUT2D eigenvalue weighted by Gasteiger charge is -2.24. The summed E-state index contributed by atoms with van der Waals surface area (Å²) in [7, 11) is 1.96. The number of nitrogens with one attached hydrogen (secondary N) is 1. The summed E-state index contributed by atoms with van der Waals surface area (Å²) in [5.41, 5.74) is 2.82. The van der Waals surface area contributed by atoms with Gasteiger partial charge >= 0.3 is 0 Å². The topological polar surface area (TPSA) is 48.7 Å². The Hall–Kier alpha value is -1.05. The molecule has 1 aliphatic rings. The molecule has 2 rings (SSSR count). The van der Waals surface area contributed by atoms with Gasteiger partial charge in [0, 0.05) is 17.4 Å². The zero-order valence-corrected chi connectivity index (χ0v) is 13.2. The molecule has 0 saturated heterocycles. The van der Waals surface area contributed by atoms with Crippen molar-refractivity contribution in [3.05, 3.63) is 29.1 Å². The molecule has 0 spiro atoms. The van der Waals surface area contributed by atoms with Gasteiger partial charge in [0.25, 0.3) is 0 Å². The molecule has 1 aromatic heterocycles. The second-order valence-electron chi connectivity index (χ2n) is 5.49. The van der Waals surface area contributed by atoms with Crippen LogP contribution in [0.2, 0.25) is 0 Å². The van der Waals surface area contributed by atoms with Gasteiger partial charge in [-0.25, -0.2) is 0 Å². The number of pyridine rings is 1. The fourth-order valence-corrected chi connectivity index (χ4v) is 3.77. The first kappa shape index (κ1) is 15.3. The number of aromatic nitrogens is 1. The van der Waals surface area contributed by atoms with Crippen LogP contribution in [0.4, 0.5) is 0 Å². The maximum absolute atomic E-state index is 9.37. The van der Waals surface area contributed by atoms with Crippen LogP contribution in [0.3, 0.4) is 0 Å². The minimum absolute atomic E-state index is 0.438. The van der Waals surface area contributed by atoms with Gasteiger partial charge in [-0.1, -0.05) is 24.8 Å². The van der Waals surface area contributed by atoms with E-state index in [1.54, 1.807) is 11.9 Å². The summed E-state index contributed by atoms with van der Waals surface area (Å²) in [6.07, 6.45) is 6.33. The highest BCUT2D eigenvalue weighted by Gasteiger charge is 2.28. The molecule has 0 amide bonds. The third kappa shape index (κ3) is 3.74. The van der Waals surface area contributed by atoms with E-state index in [-0.39, 0.29) is 0 Å².